The van der Waals surface area contributed by atoms with Crippen molar-refractivity contribution in [1.82, 2.24) is 9.55 Å². The van der Waals surface area contributed by atoms with E-state index in [1.807, 2.05) is 6.92 Å². The van der Waals surface area contributed by atoms with Crippen LogP contribution in [0.1, 0.15) is 44.6 Å². The molecule has 1 aromatic heterocycles. The number of fused-ring (bicyclic) bond motifs is 1. The molecule has 0 saturated heterocycles. The van der Waals surface area contributed by atoms with Gasteiger partial charge in [0.25, 0.3) is 5.56 Å². The van der Waals surface area contributed by atoms with Crippen LogP contribution in [-0.4, -0.2) is 22.1 Å². The summed E-state index contributed by atoms with van der Waals surface area (Å²) in [6.45, 7) is 6.26. The monoisotopic (exact) mass is 264 g/mol. The maximum Gasteiger partial charge on any atom is 0.310 e. The van der Waals surface area contributed by atoms with Crippen molar-refractivity contribution in [3.63, 3.8) is 0 Å². The first kappa shape index (κ1) is 13.8. The van der Waals surface area contributed by atoms with E-state index >= 15 is 0 Å². The molecule has 0 aromatic carbocycles. The Labute approximate surface area is 112 Å². The number of nitrogens with zero attached hydrogens (tertiary/aromatic N) is 2. The fourth-order valence-corrected chi connectivity index (χ4v) is 2.72. The summed E-state index contributed by atoms with van der Waals surface area (Å²) >= 11 is 0. The van der Waals surface area contributed by atoms with Crippen molar-refractivity contribution in [2.45, 2.75) is 46.1 Å². The standard InChI is InChI=1S/C14H20N2O3/c1-4-19-13(17)7-11-8-15-12-6-9(2)5-10(3)16(12)14(11)18/h8-10H,4-7H2,1-3H3/t9-,10+/m1/s1. The van der Waals surface area contributed by atoms with Crippen molar-refractivity contribution in [2.75, 3.05) is 6.61 Å². The smallest absolute Gasteiger partial charge is 0.310 e. The third-order valence-corrected chi connectivity index (χ3v) is 3.50. The molecule has 1 aliphatic heterocycles. The summed E-state index contributed by atoms with van der Waals surface area (Å²) in [7, 11) is 0. The molecule has 1 aromatic rings. The molecule has 104 valence electrons. The highest BCUT2D eigenvalue weighted by molar-refractivity contribution is 5.72. The van der Waals surface area contributed by atoms with E-state index in [4.69, 9.17) is 4.74 Å². The third-order valence-electron chi connectivity index (χ3n) is 3.50. The van der Waals surface area contributed by atoms with E-state index in [9.17, 15) is 9.59 Å². The van der Waals surface area contributed by atoms with Crippen LogP contribution in [0.25, 0.3) is 0 Å². The summed E-state index contributed by atoms with van der Waals surface area (Å²) in [5.74, 6) is 0.987. The summed E-state index contributed by atoms with van der Waals surface area (Å²) < 4.78 is 6.60. The highest BCUT2D eigenvalue weighted by Gasteiger charge is 2.24. The summed E-state index contributed by atoms with van der Waals surface area (Å²) in [4.78, 5) is 28.2. The van der Waals surface area contributed by atoms with Crippen molar-refractivity contribution >= 4 is 5.97 Å². The number of rotatable bonds is 3. The maximum atomic E-state index is 12.4. The molecule has 5 heteroatoms. The van der Waals surface area contributed by atoms with Gasteiger partial charge in [-0.15, -0.1) is 0 Å². The van der Waals surface area contributed by atoms with E-state index in [-0.39, 0.29) is 24.0 Å². The number of carbonyl (C=O) groups excluding carboxylic acids is 1. The molecule has 0 radical (unpaired) electrons. The van der Waals surface area contributed by atoms with Crippen LogP contribution < -0.4 is 5.56 Å². The highest BCUT2D eigenvalue weighted by Crippen LogP contribution is 2.25. The van der Waals surface area contributed by atoms with Crippen molar-refractivity contribution < 1.29 is 9.53 Å². The SMILES string of the molecule is CCOC(=O)Cc1cnc2n(c1=O)[C@@H](C)C[C@@H](C)C2. The second-order valence-electron chi connectivity index (χ2n) is 5.25. The summed E-state index contributed by atoms with van der Waals surface area (Å²) in [5, 5.41) is 0. The van der Waals surface area contributed by atoms with Gasteiger partial charge in [0.1, 0.15) is 5.82 Å². The molecular formula is C14H20N2O3. The summed E-state index contributed by atoms with van der Waals surface area (Å²) in [5.41, 5.74) is 0.320. The zero-order valence-electron chi connectivity index (χ0n) is 11.7. The van der Waals surface area contributed by atoms with Gasteiger partial charge in [0.05, 0.1) is 13.0 Å². The molecular weight excluding hydrogens is 244 g/mol. The van der Waals surface area contributed by atoms with Gasteiger partial charge in [-0.25, -0.2) is 4.98 Å². The van der Waals surface area contributed by atoms with Crippen molar-refractivity contribution in [2.24, 2.45) is 5.92 Å². The van der Waals surface area contributed by atoms with Gasteiger partial charge in [0.2, 0.25) is 0 Å². The first-order valence-corrected chi connectivity index (χ1v) is 6.77. The predicted octanol–water partition coefficient (Wildman–Crippen LogP) is 1.49. The molecule has 0 saturated carbocycles. The Morgan fingerprint density at radius 2 is 2.26 bits per heavy atom. The zero-order valence-corrected chi connectivity index (χ0v) is 11.7. The molecule has 0 fully saturated rings. The minimum absolute atomic E-state index is 0.00221. The molecule has 2 rings (SSSR count). The number of hydrogen-bond acceptors (Lipinski definition) is 4. The minimum atomic E-state index is -0.376. The van der Waals surface area contributed by atoms with Crippen molar-refractivity contribution in [3.8, 4) is 0 Å². The number of ether oxygens (including phenoxy) is 1. The van der Waals surface area contributed by atoms with Crippen LogP contribution in [-0.2, 0) is 22.4 Å². The van der Waals surface area contributed by atoms with Crippen LogP contribution in [0.3, 0.4) is 0 Å². The second kappa shape index (κ2) is 5.55. The average molecular weight is 264 g/mol. The van der Waals surface area contributed by atoms with E-state index in [2.05, 4.69) is 11.9 Å². The molecule has 2 heterocycles. The van der Waals surface area contributed by atoms with E-state index in [1.165, 1.54) is 6.20 Å². The average Bonchev–Trinajstić information content (AvgIpc) is 2.32. The third kappa shape index (κ3) is 2.85. The Morgan fingerprint density at radius 1 is 1.53 bits per heavy atom. The van der Waals surface area contributed by atoms with Crippen LogP contribution in [0, 0.1) is 5.92 Å². The van der Waals surface area contributed by atoms with Gasteiger partial charge in [-0.2, -0.15) is 0 Å². The minimum Gasteiger partial charge on any atom is -0.466 e. The zero-order chi connectivity index (χ0) is 14.0. The number of esters is 1. The van der Waals surface area contributed by atoms with E-state index in [0.29, 0.717) is 18.1 Å². The van der Waals surface area contributed by atoms with E-state index in [1.54, 1.807) is 11.5 Å². The Morgan fingerprint density at radius 3 is 2.95 bits per heavy atom. The van der Waals surface area contributed by atoms with Crippen molar-refractivity contribution in [1.29, 1.82) is 0 Å². The molecule has 5 nitrogen and oxygen atoms in total. The lowest BCUT2D eigenvalue weighted by Gasteiger charge is -2.28. The molecule has 0 unspecified atom stereocenters. The molecule has 19 heavy (non-hydrogen) atoms. The molecule has 1 aliphatic rings. The highest BCUT2D eigenvalue weighted by atomic mass is 16.5. The molecule has 0 aliphatic carbocycles. The topological polar surface area (TPSA) is 61.2 Å². The Hall–Kier alpha value is -1.65. The van der Waals surface area contributed by atoms with Gasteiger partial charge in [-0.1, -0.05) is 6.92 Å². The lowest BCUT2D eigenvalue weighted by Crippen LogP contribution is -2.35. The Bertz CT molecular complexity index is 536. The fourth-order valence-electron chi connectivity index (χ4n) is 2.72. The van der Waals surface area contributed by atoms with Crippen LogP contribution in [0.4, 0.5) is 0 Å². The number of carbonyl (C=O) groups is 1. The lowest BCUT2D eigenvalue weighted by molar-refractivity contribution is -0.142. The quantitative estimate of drug-likeness (QED) is 0.776. The summed E-state index contributed by atoms with van der Waals surface area (Å²) in [6.07, 6.45) is 3.31. The van der Waals surface area contributed by atoms with Crippen molar-refractivity contribution in [3.05, 3.63) is 27.9 Å². The van der Waals surface area contributed by atoms with Gasteiger partial charge >= 0.3 is 5.97 Å². The largest absolute Gasteiger partial charge is 0.466 e. The number of aromatic nitrogens is 2. The fraction of sp³-hybridized carbons (Fsp3) is 0.643. The molecule has 2 atom stereocenters. The number of hydrogen-bond donors (Lipinski definition) is 0. The van der Waals surface area contributed by atoms with Gasteiger partial charge in [-0.05, 0) is 26.2 Å². The molecule has 0 N–H and O–H groups in total. The van der Waals surface area contributed by atoms with Crippen LogP contribution in [0.2, 0.25) is 0 Å². The van der Waals surface area contributed by atoms with Gasteiger partial charge < -0.3 is 4.74 Å². The first-order valence-electron chi connectivity index (χ1n) is 6.77. The normalized spacial score (nSPS) is 21.8. The van der Waals surface area contributed by atoms with Gasteiger partial charge in [0, 0.05) is 24.2 Å². The Balaban J connectivity index is 2.32. The van der Waals surface area contributed by atoms with Gasteiger partial charge in [0.15, 0.2) is 0 Å². The molecule has 0 spiro atoms. The first-order chi connectivity index (χ1) is 9.02. The Kier molecular flexibility index (Phi) is 4.02. The summed E-state index contributed by atoms with van der Waals surface area (Å²) in [6, 6.07) is 0.140. The molecule has 0 amide bonds. The molecule has 0 bridgehead atoms. The maximum absolute atomic E-state index is 12.4. The van der Waals surface area contributed by atoms with E-state index < -0.39 is 0 Å². The predicted molar refractivity (Wildman–Crippen MR) is 71.0 cm³/mol. The van der Waals surface area contributed by atoms with Crippen LogP contribution >= 0.6 is 0 Å². The second-order valence-corrected chi connectivity index (χ2v) is 5.25. The van der Waals surface area contributed by atoms with Crippen LogP contribution in [0.5, 0.6) is 0 Å². The van der Waals surface area contributed by atoms with E-state index in [0.717, 1.165) is 18.7 Å². The van der Waals surface area contributed by atoms with Crippen LogP contribution in [0.15, 0.2) is 11.0 Å². The van der Waals surface area contributed by atoms with Gasteiger partial charge in [-0.3, -0.25) is 14.2 Å². The lowest BCUT2D eigenvalue weighted by atomic mass is 9.94.